The molecular weight excluding hydrogens is 1460 g/mol. The maximum atomic E-state index is 14.8. The van der Waals surface area contributed by atoms with Crippen molar-refractivity contribution in [1.82, 2.24) is 14.7 Å². The number of piperidine rings is 3. The van der Waals surface area contributed by atoms with Crippen molar-refractivity contribution in [2.75, 3.05) is 79.4 Å². The summed E-state index contributed by atoms with van der Waals surface area (Å²) in [5.41, 5.74) is 1.14. The number of Topliss-reactive ketones (excluding diaryl/α,β-unsaturated/α-hetero) is 1. The first-order valence-corrected chi connectivity index (χ1v) is 35.7. The number of esters is 3. The Morgan fingerprint density at radius 2 is 0.925 bits per heavy atom. The van der Waals surface area contributed by atoms with Gasteiger partial charge < -0.3 is 84.6 Å². The zero-order valence-corrected chi connectivity index (χ0v) is 67.6. The summed E-state index contributed by atoms with van der Waals surface area (Å²) in [5.74, 6) is -8.78. The van der Waals surface area contributed by atoms with Gasteiger partial charge in [-0.2, -0.15) is 36.4 Å². The molecule has 4 aliphatic rings. The predicted octanol–water partition coefficient (Wildman–Crippen LogP) is 10.5. The molecule has 0 aromatic heterocycles. The van der Waals surface area contributed by atoms with Gasteiger partial charge in [0.1, 0.15) is 46.3 Å². The van der Waals surface area contributed by atoms with E-state index in [9.17, 15) is 56.6 Å². The number of aliphatic hydroxyl groups excluding tert-OH is 2. The number of hydrogen-bond donors (Lipinski definition) is 2. The average Bonchev–Trinajstić information content (AvgIpc) is 0.743. The van der Waals surface area contributed by atoms with Crippen molar-refractivity contribution in [2.24, 2.45) is 35.5 Å². The van der Waals surface area contributed by atoms with Crippen LogP contribution in [0.4, 0.5) is 27.6 Å². The molecular formula is C81H107BrF3MgN3O18. The molecule has 10 atom stereocenters. The van der Waals surface area contributed by atoms with Crippen molar-refractivity contribution < 1.29 is 117 Å². The number of ether oxygens (including phenoxy) is 8. The summed E-state index contributed by atoms with van der Waals surface area (Å²) in [6.07, 6.45) is 1.29. The zero-order valence-electron chi connectivity index (χ0n) is 64.6. The summed E-state index contributed by atoms with van der Waals surface area (Å²) in [6.45, 7) is 27.0. The van der Waals surface area contributed by atoms with E-state index in [0.29, 0.717) is 51.3 Å². The molecule has 0 bridgehead atoms. The number of rotatable bonds is 15. The van der Waals surface area contributed by atoms with Crippen molar-refractivity contribution in [1.29, 1.82) is 0 Å². The third-order valence-electron chi connectivity index (χ3n) is 17.9. The first kappa shape index (κ1) is 93.6. The fourth-order valence-electron chi connectivity index (χ4n) is 13.2. The van der Waals surface area contributed by atoms with Gasteiger partial charge in [-0.25, -0.2) is 27.6 Å². The van der Waals surface area contributed by atoms with Crippen LogP contribution < -0.4 is 21.7 Å². The summed E-state index contributed by atoms with van der Waals surface area (Å²) in [4.78, 5) is 107. The smallest absolute Gasteiger partial charge is 1.00 e. The van der Waals surface area contributed by atoms with Gasteiger partial charge in [0.15, 0.2) is 12.1 Å². The molecule has 4 aliphatic heterocycles. The number of benzene rings is 5. The number of ketones is 1. The molecule has 21 nitrogen and oxygen atoms in total. The number of halogens is 4. The van der Waals surface area contributed by atoms with Crippen LogP contribution in [0.15, 0.2) is 109 Å². The monoisotopic (exact) mass is 1570 g/mol. The minimum Gasteiger partial charge on any atom is -1.00 e. The molecule has 0 radical (unpaired) electrons. The number of aliphatic hydroxyl groups is 2. The van der Waals surface area contributed by atoms with E-state index in [1.54, 1.807) is 165 Å². The molecule has 9 rings (SSSR count). The van der Waals surface area contributed by atoms with Gasteiger partial charge in [-0.05, 0) is 180 Å². The summed E-state index contributed by atoms with van der Waals surface area (Å²) < 4.78 is 87.1. The molecule has 4 saturated heterocycles. The SMILES string of the molecule is CCOC(=O)[C@@H]1CN(C(=O)OC(C)(C)C)C[C@H](C(=O)c2cccc(OC3CCCCO3)c2)[C@H]1c1cccc(F)c1C.CCOC(=O)[C@H]1CN(C(=O)OC(C)(C)C)C[C@@H](C=O)[C@@H]1c1cccc(F)c1C.CCOC(=O)[C@H]1CN(C(=O)OC(C)(C)C)C[C@@H](CO)[C@@H]1c1cccc(F)c1C.CO.[Br-].[Mg+2].[c-]1ccccc1. The number of aldehydes is 1. The van der Waals surface area contributed by atoms with E-state index in [0.717, 1.165) is 32.7 Å². The van der Waals surface area contributed by atoms with Crippen LogP contribution in [0.2, 0.25) is 0 Å². The van der Waals surface area contributed by atoms with Gasteiger partial charge in [0.2, 0.25) is 0 Å². The second kappa shape index (κ2) is 44.1. The molecule has 2 N–H and O–H groups in total. The first-order chi connectivity index (χ1) is 49.6. The third kappa shape index (κ3) is 27.5. The standard InChI is InChI=1S/C32H40FNO7.C21H30FNO5.C21H28FNO5.C6H5.CH4O.BrH.Mg/c1-6-38-30(36)25-19-34(31(37)41-32(3,4)5)18-24(28(25)23-13-10-14-26(33)20(23)2)29(35)21-11-9-12-22(17-21)40-27-15-7-8-16-39-27;2*1-6-27-19(25)16-11-23(20(26)28-21(3,4)5)10-14(12-24)18(16)15-8-7-9-17(22)13(15)2;1-2-4-6-5-3-1;1-2;;/h9-14,17,24-25,27-28H,6-8,15-16,18-19H2,1-5H3;7-9,14,16,18,24H,6,10-12H2,1-5H3;7-9,12,14,16,18H,6,10-11H2,1-5H3;1-5H;2H,1H3;1H;/q;;;-1;;;+2/p-1/t24-,25+,27?,28+;2*14-,16-,18+;;;;/m000..../s1. The normalized spacial score (nSPS) is 21.1. The van der Waals surface area contributed by atoms with Gasteiger partial charge in [0.05, 0.1) is 44.2 Å². The molecule has 0 spiro atoms. The maximum absolute atomic E-state index is 14.8. The molecule has 26 heteroatoms. The first-order valence-electron chi connectivity index (χ1n) is 35.7. The maximum Gasteiger partial charge on any atom is 2.00 e. The second-order valence-electron chi connectivity index (χ2n) is 28.9. The van der Waals surface area contributed by atoms with Crippen LogP contribution in [0.1, 0.15) is 164 Å². The Bertz CT molecular complexity index is 3650. The molecule has 5 aromatic carbocycles. The van der Waals surface area contributed by atoms with Crippen LogP contribution in [-0.2, 0) is 52.3 Å². The van der Waals surface area contributed by atoms with Gasteiger partial charge in [-0.15, -0.1) is 0 Å². The van der Waals surface area contributed by atoms with E-state index in [-0.39, 0.29) is 124 Å². The summed E-state index contributed by atoms with van der Waals surface area (Å²) in [5, 5.41) is 17.0. The van der Waals surface area contributed by atoms with Crippen LogP contribution in [0.3, 0.4) is 0 Å². The number of nitrogens with zero attached hydrogens (tertiary/aromatic N) is 3. The van der Waals surface area contributed by atoms with Crippen molar-refractivity contribution in [3.63, 3.8) is 0 Å². The van der Waals surface area contributed by atoms with Gasteiger partial charge in [-0.1, -0.05) is 48.5 Å². The van der Waals surface area contributed by atoms with Gasteiger partial charge in [0, 0.05) is 100 Å². The Balaban J connectivity index is 0.000000401. The van der Waals surface area contributed by atoms with Gasteiger partial charge in [-0.3, -0.25) is 19.2 Å². The summed E-state index contributed by atoms with van der Waals surface area (Å²) in [7, 11) is 1.00. The molecule has 107 heavy (non-hydrogen) atoms. The average molecular weight is 1570 g/mol. The fraction of sp³-hybridized carbons (Fsp3) is 0.531. The zero-order chi connectivity index (χ0) is 78.1. The third-order valence-corrected chi connectivity index (χ3v) is 17.9. The van der Waals surface area contributed by atoms with Crippen molar-refractivity contribution in [2.45, 2.75) is 164 Å². The van der Waals surface area contributed by atoms with Crippen LogP contribution in [-0.4, -0.2) is 199 Å². The van der Waals surface area contributed by atoms with Gasteiger partial charge in [0.25, 0.3) is 0 Å². The van der Waals surface area contributed by atoms with Crippen molar-refractivity contribution in [3.05, 3.63) is 172 Å². The number of carbonyl (C=O) groups excluding carboxylic acids is 8. The van der Waals surface area contributed by atoms with E-state index in [4.69, 9.17) is 43.0 Å². The number of likely N-dealkylation sites (tertiary alicyclic amines) is 3. The van der Waals surface area contributed by atoms with E-state index in [1.165, 1.54) is 32.9 Å². The molecule has 0 aliphatic carbocycles. The topological polar surface area (TPSA) is 261 Å². The number of carbonyl (C=O) groups is 8. The molecule has 4 heterocycles. The van der Waals surface area contributed by atoms with E-state index >= 15 is 0 Å². The van der Waals surface area contributed by atoms with E-state index < -0.39 is 118 Å². The Labute approximate surface area is 655 Å². The minimum atomic E-state index is -0.916. The Morgan fingerprint density at radius 1 is 0.533 bits per heavy atom. The minimum absolute atomic E-state index is 0. The molecule has 0 saturated carbocycles. The summed E-state index contributed by atoms with van der Waals surface area (Å²) >= 11 is 0. The summed E-state index contributed by atoms with van der Waals surface area (Å²) in [6, 6.07) is 33.3. The quantitative estimate of drug-likeness (QED) is 0.0246. The molecule has 4 fully saturated rings. The largest absolute Gasteiger partial charge is 2.00 e. The number of hydrogen-bond acceptors (Lipinski definition) is 18. The van der Waals surface area contributed by atoms with Crippen LogP contribution >= 0.6 is 0 Å². The molecule has 584 valence electrons. The van der Waals surface area contributed by atoms with E-state index in [2.05, 4.69) is 6.07 Å². The molecule has 3 amide bonds. The second-order valence-corrected chi connectivity index (χ2v) is 28.9. The van der Waals surface area contributed by atoms with Crippen molar-refractivity contribution >= 4 is 71.3 Å². The molecule has 1 unspecified atom stereocenters. The Hall–Kier alpha value is -7.62. The fourth-order valence-corrected chi connectivity index (χ4v) is 13.2. The van der Waals surface area contributed by atoms with E-state index in [1.807, 2.05) is 30.3 Å². The Morgan fingerprint density at radius 3 is 1.31 bits per heavy atom. The van der Waals surface area contributed by atoms with Gasteiger partial charge >= 0.3 is 59.2 Å². The predicted molar refractivity (Wildman–Crippen MR) is 393 cm³/mol. The van der Waals surface area contributed by atoms with Crippen LogP contribution in [0, 0.1) is 79.8 Å². The van der Waals surface area contributed by atoms with Crippen LogP contribution in [0.5, 0.6) is 5.75 Å². The molecule has 5 aromatic rings. The van der Waals surface area contributed by atoms with Crippen LogP contribution in [0.25, 0.3) is 0 Å². The van der Waals surface area contributed by atoms with Crippen molar-refractivity contribution in [3.8, 4) is 5.75 Å². The Kier molecular flexibility index (Phi) is 38.6. The number of amides is 3.